The Morgan fingerprint density at radius 2 is 1.55 bits per heavy atom. The van der Waals surface area contributed by atoms with Crippen LogP contribution in [-0.2, 0) is 37.5 Å². The molecule has 0 fully saturated rings. The summed E-state index contributed by atoms with van der Waals surface area (Å²) in [5.41, 5.74) is 0. The largest absolute Gasteiger partial charge is 0.351 e. The summed E-state index contributed by atoms with van der Waals surface area (Å²) in [5, 5.41) is 0. The van der Waals surface area contributed by atoms with Crippen LogP contribution in [0, 0.1) is 12.3 Å². The number of nitrogens with zero attached hydrogens (tertiary/aromatic N) is 1. The Hall–Kier alpha value is 0.574. The van der Waals surface area contributed by atoms with Gasteiger partial charge in [-0.05, 0) is 0 Å². The van der Waals surface area contributed by atoms with Crippen molar-refractivity contribution in [3.8, 4) is 0 Å². The zero-order valence-electron chi connectivity index (χ0n) is 8.16. The van der Waals surface area contributed by atoms with Gasteiger partial charge >= 0.3 is 0 Å². The van der Waals surface area contributed by atoms with Gasteiger partial charge in [0.25, 0.3) is 0 Å². The Morgan fingerprint density at radius 1 is 1.36 bits per heavy atom. The molecule has 1 radical (unpaired) electrons. The average Bonchev–Trinajstić information content (AvgIpc) is 1.89. The van der Waals surface area contributed by atoms with Gasteiger partial charge in [-0.2, -0.15) is 12.8 Å². The van der Waals surface area contributed by atoms with E-state index in [1.807, 2.05) is 0 Å². The number of carbonyl (C=O) groups excluding carboxylic acids is 1. The summed E-state index contributed by atoms with van der Waals surface area (Å²) in [7, 11) is 3.38. The van der Waals surface area contributed by atoms with E-state index in [-0.39, 0.29) is 32.7 Å². The van der Waals surface area contributed by atoms with Crippen molar-refractivity contribution < 1.29 is 37.5 Å². The summed E-state index contributed by atoms with van der Waals surface area (Å²) in [5.74, 6) is 0.759. The summed E-state index contributed by atoms with van der Waals surface area (Å²) in [6.07, 6.45) is 2.92. The molecule has 3 heteroatoms. The van der Waals surface area contributed by atoms with E-state index in [1.54, 1.807) is 14.1 Å². The zero-order chi connectivity index (χ0) is 8.57. The smallest absolute Gasteiger partial charge is 0.209 e. The molecule has 0 unspecified atom stereocenters. The number of carbonyl (C=O) groups is 1. The van der Waals surface area contributed by atoms with E-state index in [2.05, 4.69) is 27.2 Å². The molecule has 11 heavy (non-hydrogen) atoms. The van der Waals surface area contributed by atoms with Crippen LogP contribution in [0.2, 0.25) is 0 Å². The van der Waals surface area contributed by atoms with Crippen molar-refractivity contribution in [3.63, 3.8) is 0 Å². The van der Waals surface area contributed by atoms with Crippen LogP contribution in [0.3, 0.4) is 0 Å². The van der Waals surface area contributed by atoms with Gasteiger partial charge in [0.15, 0.2) is 0 Å². The summed E-state index contributed by atoms with van der Waals surface area (Å²) >= 11 is 0. The number of rotatable bonds is 2. The van der Waals surface area contributed by atoms with E-state index in [4.69, 9.17) is 0 Å². The van der Waals surface area contributed by atoms with Crippen LogP contribution < -0.4 is 0 Å². The van der Waals surface area contributed by atoms with E-state index in [0.29, 0.717) is 0 Å². The van der Waals surface area contributed by atoms with E-state index in [0.717, 1.165) is 12.3 Å². The first kappa shape index (κ1) is 17.6. The van der Waals surface area contributed by atoms with E-state index in [1.165, 1.54) is 4.90 Å². The molecule has 0 aromatic carbocycles. The average molecular weight is 233 g/mol. The fraction of sp³-hybridized carbons (Fsp3) is 0.750. The van der Waals surface area contributed by atoms with Gasteiger partial charge in [-0.1, -0.05) is 13.8 Å². The Kier molecular flexibility index (Phi) is 21.1. The topological polar surface area (TPSA) is 20.3 Å². The SMILES string of the molecule is CN(C)C=O.C[CH-]C(C)C.[Y]. The molecule has 0 heterocycles. The molecule has 65 valence electrons. The van der Waals surface area contributed by atoms with Gasteiger partial charge in [-0.25, -0.2) is 0 Å². The summed E-state index contributed by atoms with van der Waals surface area (Å²) in [4.78, 5) is 10.9. The molecule has 0 aromatic heterocycles. The molecule has 0 atom stereocenters. The van der Waals surface area contributed by atoms with Crippen molar-refractivity contribution in [2.24, 2.45) is 5.92 Å². The van der Waals surface area contributed by atoms with E-state index < -0.39 is 0 Å². The molecule has 1 amide bonds. The molecule has 0 aliphatic heterocycles. The second kappa shape index (κ2) is 13.2. The maximum Gasteiger partial charge on any atom is 0.209 e. The fourth-order valence-electron chi connectivity index (χ4n) is 0. The standard InChI is InChI=1S/C5H11.C3H7NO.Y/c1-4-5(2)3;1-4(2)3-5;/h4-5H,1-3H3;3H,1-2H3;/q-1;;. The summed E-state index contributed by atoms with van der Waals surface area (Å²) in [6, 6.07) is 0. The number of hydrogen-bond donors (Lipinski definition) is 0. The van der Waals surface area contributed by atoms with Gasteiger partial charge in [-0.15, -0.1) is 0 Å². The van der Waals surface area contributed by atoms with Gasteiger partial charge in [0, 0.05) is 46.8 Å². The van der Waals surface area contributed by atoms with Crippen molar-refractivity contribution in [2.45, 2.75) is 20.8 Å². The van der Waals surface area contributed by atoms with Crippen molar-refractivity contribution >= 4 is 6.41 Å². The summed E-state index contributed by atoms with van der Waals surface area (Å²) in [6.45, 7) is 6.41. The predicted octanol–water partition coefficient (Wildman–Crippen LogP) is 1.57. The molecule has 0 rings (SSSR count). The van der Waals surface area contributed by atoms with Crippen LogP contribution >= 0.6 is 0 Å². The molecule has 0 spiro atoms. The third-order valence-corrected chi connectivity index (χ3v) is 0.877. The predicted molar refractivity (Wildman–Crippen MR) is 44.6 cm³/mol. The molecule has 0 aliphatic carbocycles. The first-order valence-corrected chi connectivity index (χ1v) is 3.45. The minimum atomic E-state index is 0. The van der Waals surface area contributed by atoms with Crippen LogP contribution in [0.4, 0.5) is 0 Å². The Bertz CT molecular complexity index is 74.5. The second-order valence-electron chi connectivity index (χ2n) is 2.65. The van der Waals surface area contributed by atoms with Crippen molar-refractivity contribution in [1.82, 2.24) is 4.90 Å². The van der Waals surface area contributed by atoms with E-state index >= 15 is 0 Å². The molecule has 0 saturated carbocycles. The Balaban J connectivity index is -0.000000107. The fourth-order valence-corrected chi connectivity index (χ4v) is 0. The van der Waals surface area contributed by atoms with Gasteiger partial charge in [0.2, 0.25) is 6.41 Å². The van der Waals surface area contributed by atoms with Crippen molar-refractivity contribution in [3.05, 3.63) is 6.42 Å². The third-order valence-electron chi connectivity index (χ3n) is 0.877. The molecular weight excluding hydrogens is 215 g/mol. The maximum atomic E-state index is 9.43. The zero-order valence-corrected chi connectivity index (χ0v) is 11.0. The summed E-state index contributed by atoms with van der Waals surface area (Å²) < 4.78 is 0. The molecule has 0 aliphatic rings. The second-order valence-corrected chi connectivity index (χ2v) is 2.65. The maximum absolute atomic E-state index is 9.43. The van der Waals surface area contributed by atoms with Crippen molar-refractivity contribution in [2.75, 3.05) is 14.1 Å². The molecule has 0 aromatic rings. The van der Waals surface area contributed by atoms with Gasteiger partial charge < -0.3 is 11.3 Å². The number of hydrogen-bond acceptors (Lipinski definition) is 1. The van der Waals surface area contributed by atoms with Crippen LogP contribution in [0.5, 0.6) is 0 Å². The molecule has 0 saturated heterocycles. The van der Waals surface area contributed by atoms with Crippen molar-refractivity contribution in [1.29, 1.82) is 0 Å². The molecule has 0 bridgehead atoms. The minimum Gasteiger partial charge on any atom is -0.351 e. The van der Waals surface area contributed by atoms with Crippen LogP contribution in [-0.4, -0.2) is 25.4 Å². The van der Waals surface area contributed by atoms with Crippen LogP contribution in [0.25, 0.3) is 0 Å². The molecule has 2 nitrogen and oxygen atoms in total. The number of amides is 1. The van der Waals surface area contributed by atoms with Gasteiger partial charge in [-0.3, -0.25) is 4.79 Å². The monoisotopic (exact) mass is 233 g/mol. The van der Waals surface area contributed by atoms with E-state index in [9.17, 15) is 4.79 Å². The molecular formula is C8H18NOY-. The third kappa shape index (κ3) is 37.2. The van der Waals surface area contributed by atoms with Gasteiger partial charge in [0.05, 0.1) is 0 Å². The van der Waals surface area contributed by atoms with Crippen LogP contribution in [0.15, 0.2) is 0 Å². The quantitative estimate of drug-likeness (QED) is 0.523. The normalized spacial score (nSPS) is 7.45. The minimum absolute atomic E-state index is 0. The van der Waals surface area contributed by atoms with Crippen LogP contribution in [0.1, 0.15) is 20.8 Å². The Labute approximate surface area is 95.6 Å². The van der Waals surface area contributed by atoms with Gasteiger partial charge in [0.1, 0.15) is 0 Å². The Morgan fingerprint density at radius 3 is 1.55 bits per heavy atom. The first-order valence-electron chi connectivity index (χ1n) is 3.45. The molecule has 0 N–H and O–H groups in total. The first-order chi connectivity index (χ1) is 4.54.